The van der Waals surface area contributed by atoms with Crippen LogP contribution in [0.1, 0.15) is 18.9 Å². The molecule has 4 rings (SSSR count). The van der Waals surface area contributed by atoms with Crippen LogP contribution < -0.4 is 9.64 Å². The summed E-state index contributed by atoms with van der Waals surface area (Å²) in [5, 5.41) is 0.744. The van der Waals surface area contributed by atoms with E-state index in [9.17, 15) is 4.79 Å². The summed E-state index contributed by atoms with van der Waals surface area (Å²) in [5.41, 5.74) is 2.00. The average Bonchev–Trinajstić information content (AvgIpc) is 3.24. The Morgan fingerprint density at radius 2 is 1.97 bits per heavy atom. The number of amides is 1. The van der Waals surface area contributed by atoms with Gasteiger partial charge in [-0.15, -0.1) is 0 Å². The number of aromatic nitrogens is 1. The van der Waals surface area contributed by atoms with Gasteiger partial charge >= 0.3 is 0 Å². The molecule has 0 N–H and O–H groups in total. The lowest BCUT2D eigenvalue weighted by Gasteiger charge is -2.29. The number of ether oxygens (including phenoxy) is 2. The third-order valence-electron chi connectivity index (χ3n) is 5.42. The van der Waals surface area contributed by atoms with Crippen LogP contribution in [0.5, 0.6) is 5.75 Å². The lowest BCUT2D eigenvalue weighted by Crippen LogP contribution is -2.43. The van der Waals surface area contributed by atoms with Gasteiger partial charge in [0, 0.05) is 32.6 Å². The smallest absolute Gasteiger partial charge is 0.229 e. The molecule has 6 nitrogen and oxygen atoms in total. The van der Waals surface area contributed by atoms with Gasteiger partial charge in [-0.1, -0.05) is 47.7 Å². The molecule has 0 spiro atoms. The van der Waals surface area contributed by atoms with Crippen molar-refractivity contribution in [1.29, 1.82) is 0 Å². The second-order valence-electron chi connectivity index (χ2n) is 7.52. The molecule has 164 valence electrons. The SMILES string of the molecule is CCOc1cccc2sc(N(CCN3CCOCC3)C(=O)CCc3ccccc3)nc12. The van der Waals surface area contributed by atoms with E-state index >= 15 is 0 Å². The zero-order valence-corrected chi connectivity index (χ0v) is 18.8. The van der Waals surface area contributed by atoms with Gasteiger partial charge in [-0.25, -0.2) is 4.98 Å². The number of carbonyl (C=O) groups excluding carboxylic acids is 1. The molecule has 1 aromatic heterocycles. The summed E-state index contributed by atoms with van der Waals surface area (Å²) in [6.45, 7) is 7.30. The first-order chi connectivity index (χ1) is 15.2. The summed E-state index contributed by atoms with van der Waals surface area (Å²) in [6, 6.07) is 16.1. The molecule has 1 aliphatic rings. The normalized spacial score (nSPS) is 14.6. The van der Waals surface area contributed by atoms with E-state index in [-0.39, 0.29) is 5.91 Å². The molecule has 0 unspecified atom stereocenters. The predicted octanol–water partition coefficient (Wildman–Crippen LogP) is 3.99. The third-order valence-corrected chi connectivity index (χ3v) is 6.46. The highest BCUT2D eigenvalue weighted by atomic mass is 32.1. The maximum atomic E-state index is 13.3. The minimum atomic E-state index is 0.106. The number of anilines is 1. The molecule has 7 heteroatoms. The van der Waals surface area contributed by atoms with Crippen molar-refractivity contribution in [2.45, 2.75) is 19.8 Å². The van der Waals surface area contributed by atoms with Gasteiger partial charge in [0.1, 0.15) is 11.3 Å². The summed E-state index contributed by atoms with van der Waals surface area (Å²) >= 11 is 1.55. The monoisotopic (exact) mass is 439 g/mol. The highest BCUT2D eigenvalue weighted by Gasteiger charge is 2.22. The predicted molar refractivity (Wildman–Crippen MR) is 125 cm³/mol. The molecular formula is C24H29N3O3S. The Bertz CT molecular complexity index is 986. The Kier molecular flexibility index (Phi) is 7.51. The summed E-state index contributed by atoms with van der Waals surface area (Å²) < 4.78 is 12.2. The highest BCUT2D eigenvalue weighted by molar-refractivity contribution is 7.22. The quantitative estimate of drug-likeness (QED) is 0.505. The number of carbonyl (C=O) groups is 1. The molecule has 3 aromatic rings. The fourth-order valence-electron chi connectivity index (χ4n) is 3.72. The molecule has 2 aromatic carbocycles. The number of nitrogens with zero attached hydrogens (tertiary/aromatic N) is 3. The molecule has 1 fully saturated rings. The molecule has 2 heterocycles. The van der Waals surface area contributed by atoms with Crippen molar-refractivity contribution in [1.82, 2.24) is 9.88 Å². The summed E-state index contributed by atoms with van der Waals surface area (Å²) in [6.07, 6.45) is 1.18. The van der Waals surface area contributed by atoms with E-state index in [0.29, 0.717) is 19.6 Å². The van der Waals surface area contributed by atoms with Crippen LogP contribution in [0.15, 0.2) is 48.5 Å². The largest absolute Gasteiger partial charge is 0.492 e. The molecule has 0 saturated carbocycles. The van der Waals surface area contributed by atoms with Crippen LogP contribution in [0.3, 0.4) is 0 Å². The number of fused-ring (bicyclic) bond motifs is 1. The van der Waals surface area contributed by atoms with Crippen LogP contribution in [-0.2, 0) is 16.0 Å². The maximum Gasteiger partial charge on any atom is 0.229 e. The number of para-hydroxylation sites is 1. The molecule has 1 amide bonds. The van der Waals surface area contributed by atoms with Crippen LogP contribution in [-0.4, -0.2) is 61.8 Å². The number of hydrogen-bond donors (Lipinski definition) is 0. The van der Waals surface area contributed by atoms with E-state index in [1.165, 1.54) is 5.56 Å². The Balaban J connectivity index is 1.54. The van der Waals surface area contributed by atoms with Gasteiger partial charge in [0.2, 0.25) is 5.91 Å². The highest BCUT2D eigenvalue weighted by Crippen LogP contribution is 2.34. The van der Waals surface area contributed by atoms with E-state index in [4.69, 9.17) is 14.5 Å². The van der Waals surface area contributed by atoms with Crippen LogP contribution in [0, 0.1) is 0 Å². The number of thiazole rings is 1. The van der Waals surface area contributed by atoms with Gasteiger partial charge in [0.15, 0.2) is 5.13 Å². The summed E-state index contributed by atoms with van der Waals surface area (Å²) in [5.74, 6) is 0.876. The minimum absolute atomic E-state index is 0.106. The van der Waals surface area contributed by atoms with Crippen molar-refractivity contribution < 1.29 is 14.3 Å². The zero-order valence-electron chi connectivity index (χ0n) is 18.0. The second-order valence-corrected chi connectivity index (χ2v) is 8.53. The second kappa shape index (κ2) is 10.7. The van der Waals surface area contributed by atoms with Crippen molar-refractivity contribution in [3.05, 3.63) is 54.1 Å². The molecule has 1 aliphatic heterocycles. The van der Waals surface area contributed by atoms with E-state index in [1.807, 2.05) is 48.2 Å². The van der Waals surface area contributed by atoms with E-state index in [0.717, 1.165) is 60.4 Å². The standard InChI is InChI=1S/C24H29N3O3S/c1-2-30-20-9-6-10-21-23(20)25-24(31-21)27(14-13-26-15-17-29-18-16-26)22(28)12-11-19-7-4-3-5-8-19/h3-10H,2,11-18H2,1H3. The van der Waals surface area contributed by atoms with Gasteiger partial charge in [-0.2, -0.15) is 0 Å². The van der Waals surface area contributed by atoms with Crippen LogP contribution in [0.4, 0.5) is 5.13 Å². The molecule has 31 heavy (non-hydrogen) atoms. The van der Waals surface area contributed by atoms with Crippen molar-refractivity contribution in [2.75, 3.05) is 50.9 Å². The molecular weight excluding hydrogens is 410 g/mol. The van der Waals surface area contributed by atoms with Crippen LogP contribution in [0.2, 0.25) is 0 Å². The first-order valence-electron chi connectivity index (χ1n) is 10.9. The fraction of sp³-hybridized carbons (Fsp3) is 0.417. The summed E-state index contributed by atoms with van der Waals surface area (Å²) in [7, 11) is 0. The number of hydrogen-bond acceptors (Lipinski definition) is 6. The third kappa shape index (κ3) is 5.61. The van der Waals surface area contributed by atoms with Gasteiger partial charge in [-0.3, -0.25) is 14.6 Å². The van der Waals surface area contributed by atoms with Crippen molar-refractivity contribution >= 4 is 32.6 Å². The topological polar surface area (TPSA) is 54.9 Å². The first kappa shape index (κ1) is 21.7. The van der Waals surface area contributed by atoms with Crippen molar-refractivity contribution in [3.8, 4) is 5.75 Å². The first-order valence-corrected chi connectivity index (χ1v) is 11.7. The van der Waals surface area contributed by atoms with E-state index in [1.54, 1.807) is 11.3 Å². The number of benzene rings is 2. The number of morpholine rings is 1. The van der Waals surface area contributed by atoms with Gasteiger partial charge in [0.25, 0.3) is 0 Å². The Morgan fingerprint density at radius 1 is 1.16 bits per heavy atom. The Hall–Kier alpha value is -2.48. The Labute approximate surface area is 187 Å². The van der Waals surface area contributed by atoms with Crippen molar-refractivity contribution in [3.63, 3.8) is 0 Å². The van der Waals surface area contributed by atoms with Crippen LogP contribution in [0.25, 0.3) is 10.2 Å². The molecule has 0 aliphatic carbocycles. The summed E-state index contributed by atoms with van der Waals surface area (Å²) in [4.78, 5) is 22.3. The molecule has 1 saturated heterocycles. The van der Waals surface area contributed by atoms with Gasteiger partial charge in [0.05, 0.1) is 24.5 Å². The number of rotatable bonds is 9. The average molecular weight is 440 g/mol. The Morgan fingerprint density at radius 3 is 2.74 bits per heavy atom. The zero-order chi connectivity index (χ0) is 21.5. The molecule has 0 bridgehead atoms. The lowest BCUT2D eigenvalue weighted by molar-refractivity contribution is -0.118. The fourth-order valence-corrected chi connectivity index (χ4v) is 4.75. The molecule has 0 atom stereocenters. The molecule has 0 radical (unpaired) electrons. The van der Waals surface area contributed by atoms with Gasteiger partial charge in [-0.05, 0) is 31.0 Å². The lowest BCUT2D eigenvalue weighted by atomic mass is 10.1. The van der Waals surface area contributed by atoms with Crippen LogP contribution >= 0.6 is 11.3 Å². The maximum absolute atomic E-state index is 13.3. The minimum Gasteiger partial charge on any atom is -0.492 e. The number of aryl methyl sites for hydroxylation is 1. The van der Waals surface area contributed by atoms with E-state index in [2.05, 4.69) is 17.0 Å². The van der Waals surface area contributed by atoms with E-state index < -0.39 is 0 Å². The van der Waals surface area contributed by atoms with Crippen molar-refractivity contribution in [2.24, 2.45) is 0 Å². The van der Waals surface area contributed by atoms with Gasteiger partial charge < -0.3 is 9.47 Å².